The molecule has 0 unspecified atom stereocenters. The average Bonchev–Trinajstić information content (AvgIpc) is 2.65. The topological polar surface area (TPSA) is 18.5 Å². The van der Waals surface area contributed by atoms with Crippen LogP contribution >= 0.6 is 0 Å². The van der Waals surface area contributed by atoms with E-state index in [-0.39, 0.29) is 6.71 Å². The Kier molecular flexibility index (Phi) is 4.43. The van der Waals surface area contributed by atoms with Gasteiger partial charge in [-0.15, -0.1) is 0 Å². The molecule has 0 radical (unpaired) electrons. The Morgan fingerprint density at radius 2 is 0.955 bits per heavy atom. The number of benzene rings is 1. The molecule has 0 atom stereocenters. The van der Waals surface area contributed by atoms with E-state index in [1.807, 2.05) is 12.1 Å². The molecule has 1 aliphatic heterocycles. The van der Waals surface area contributed by atoms with E-state index in [1.165, 1.54) is 0 Å². The van der Waals surface area contributed by atoms with Crippen molar-refractivity contribution in [1.82, 2.24) is 0 Å². The lowest BCUT2D eigenvalue weighted by Crippen LogP contribution is -2.91. The van der Waals surface area contributed by atoms with Crippen molar-refractivity contribution in [2.75, 3.05) is 0 Å². The fourth-order valence-electron chi connectivity index (χ4n) is 5.51. The van der Waals surface area contributed by atoms with Gasteiger partial charge in [0.2, 0.25) is 0 Å². The van der Waals surface area contributed by atoms with Crippen LogP contribution in [0.5, 0.6) is 11.5 Å². The van der Waals surface area contributed by atoms with Gasteiger partial charge in [-0.05, 0) is 12.1 Å². The Balaban J connectivity index is 2.62. The highest BCUT2D eigenvalue weighted by molar-refractivity contribution is 8.03. The maximum absolute atomic E-state index is 6.50. The predicted octanol–water partition coefficient (Wildman–Crippen LogP) is 4.72. The summed E-state index contributed by atoms with van der Waals surface area (Å²) in [6.45, 7) is 21.5. The van der Waals surface area contributed by atoms with Crippen LogP contribution in [0.1, 0.15) is 0 Å². The molecule has 2 rings (SSSR count). The summed E-state index contributed by atoms with van der Waals surface area (Å²) in [5, 5.41) is 0. The van der Waals surface area contributed by atoms with Gasteiger partial charge in [-0.3, -0.25) is 0 Å². The molecular weight excluding hydrogens is 335 g/mol. The first kappa shape index (κ1) is 18.1. The molecule has 0 aliphatic carbocycles. The van der Waals surface area contributed by atoms with Gasteiger partial charge in [0.15, 0.2) is 0 Å². The van der Waals surface area contributed by atoms with Crippen LogP contribution in [0.3, 0.4) is 0 Å². The molecule has 1 aliphatic rings. The van der Waals surface area contributed by atoms with E-state index in [1.54, 1.807) is 0 Å². The van der Waals surface area contributed by atoms with Gasteiger partial charge >= 0.3 is 6.71 Å². The molecule has 0 fully saturated rings. The molecule has 0 N–H and O–H groups in total. The smallest absolute Gasteiger partial charge is 0.527 e. The van der Waals surface area contributed by atoms with Crippen LogP contribution in [0.2, 0.25) is 58.9 Å². The van der Waals surface area contributed by atoms with Crippen LogP contribution < -0.4 is 9.31 Å². The maximum Gasteiger partial charge on any atom is 0.553 e. The van der Waals surface area contributed by atoms with Crippen LogP contribution in [-0.2, 0) is 0 Å². The highest BCUT2D eigenvalue weighted by Gasteiger charge is 2.73. The van der Waals surface area contributed by atoms with E-state index in [0.29, 0.717) is 0 Å². The maximum atomic E-state index is 6.50. The van der Waals surface area contributed by atoms with Gasteiger partial charge in [0.25, 0.3) is 0 Å². The largest absolute Gasteiger partial charge is 0.553 e. The number of para-hydroxylation sites is 2. The van der Waals surface area contributed by atoms with Crippen LogP contribution in [-0.4, -0.2) is 36.0 Å². The second-order valence-corrected chi connectivity index (χ2v) is 50.3. The third-order valence-electron chi connectivity index (χ3n) is 5.22. The summed E-state index contributed by atoms with van der Waals surface area (Å²) >= 11 is 0. The first-order chi connectivity index (χ1) is 9.82. The third-order valence-corrected chi connectivity index (χ3v) is 77.2. The molecule has 2 nitrogen and oxygen atoms in total. The summed E-state index contributed by atoms with van der Waals surface area (Å²) in [6.07, 6.45) is 0. The first-order valence-electron chi connectivity index (χ1n) is 8.25. The molecule has 7 heteroatoms. The van der Waals surface area contributed by atoms with Crippen LogP contribution in [0, 0.1) is 0 Å². The molecule has 0 bridgehead atoms. The molecule has 1 heterocycles. The van der Waals surface area contributed by atoms with Crippen molar-refractivity contribution in [3.63, 3.8) is 0 Å². The van der Waals surface area contributed by atoms with Crippen molar-refractivity contribution in [3.8, 4) is 11.5 Å². The monoisotopic (exact) mass is 366 g/mol. The average molecular weight is 367 g/mol. The fourth-order valence-corrected chi connectivity index (χ4v) is 103. The van der Waals surface area contributed by atoms with Crippen molar-refractivity contribution in [2.45, 2.75) is 58.9 Å². The number of hydrogen-bond donors (Lipinski definition) is 0. The summed E-state index contributed by atoms with van der Waals surface area (Å²) in [6, 6.07) is 8.22. The molecule has 0 saturated carbocycles. The molecule has 0 saturated heterocycles. The quantitative estimate of drug-likeness (QED) is 0.718. The minimum absolute atomic E-state index is 0.0369. The summed E-state index contributed by atoms with van der Waals surface area (Å²) < 4.78 is 13.0. The molecule has 1 aromatic carbocycles. The lowest BCUT2D eigenvalue weighted by Gasteiger charge is -2.55. The fraction of sp³-hybridized carbons (Fsp3) is 0.600. The zero-order valence-electron chi connectivity index (χ0n) is 15.7. The summed E-state index contributed by atoms with van der Waals surface area (Å²) in [4.78, 5) is 0. The van der Waals surface area contributed by atoms with Gasteiger partial charge in [0.05, 0.1) is 0 Å². The van der Waals surface area contributed by atoms with Crippen molar-refractivity contribution >= 4 is 36.0 Å². The molecule has 1 aromatic rings. The Labute approximate surface area is 140 Å². The van der Waals surface area contributed by atoms with E-state index in [4.69, 9.17) is 9.31 Å². The SMILES string of the molecule is C[Si](C)(C)[Si](B1Oc2ccccc2O1)([Si](C)(C)C)[Si](C)(C)C. The highest BCUT2D eigenvalue weighted by Crippen LogP contribution is 2.44. The minimum Gasteiger partial charge on any atom is -0.527 e. The number of fused-ring (bicyclic) bond motifs is 1. The van der Waals surface area contributed by atoms with Crippen molar-refractivity contribution in [1.29, 1.82) is 0 Å². The second kappa shape index (κ2) is 5.39. The van der Waals surface area contributed by atoms with Gasteiger partial charge < -0.3 is 9.31 Å². The Hall–Kier alpha value is -0.248. The Bertz CT molecular complexity index is 497. The lowest BCUT2D eigenvalue weighted by molar-refractivity contribution is 0.526. The second-order valence-electron chi connectivity index (χ2n) is 9.57. The zero-order chi connectivity index (χ0) is 17.0. The third kappa shape index (κ3) is 2.59. The lowest BCUT2D eigenvalue weighted by atomic mass is 10.3. The van der Waals surface area contributed by atoms with Crippen molar-refractivity contribution in [2.24, 2.45) is 0 Å². The van der Waals surface area contributed by atoms with Gasteiger partial charge in [-0.2, -0.15) is 0 Å². The van der Waals surface area contributed by atoms with Crippen LogP contribution in [0.25, 0.3) is 0 Å². The van der Waals surface area contributed by atoms with Gasteiger partial charge in [0.1, 0.15) is 18.0 Å². The van der Waals surface area contributed by atoms with E-state index < -0.39 is 29.3 Å². The normalized spacial score (nSPS) is 16.1. The van der Waals surface area contributed by atoms with Crippen LogP contribution in [0.15, 0.2) is 24.3 Å². The molecule has 0 aromatic heterocycles. The van der Waals surface area contributed by atoms with E-state index in [0.717, 1.165) is 11.5 Å². The van der Waals surface area contributed by atoms with Gasteiger partial charge in [0, 0.05) is 22.8 Å². The van der Waals surface area contributed by atoms with E-state index >= 15 is 0 Å². The van der Waals surface area contributed by atoms with Gasteiger partial charge in [-0.1, -0.05) is 71.1 Å². The predicted molar refractivity (Wildman–Crippen MR) is 109 cm³/mol. The van der Waals surface area contributed by atoms with E-state index in [9.17, 15) is 0 Å². The molecule has 122 valence electrons. The summed E-state index contributed by atoms with van der Waals surface area (Å²) in [7, 11) is -4.20. The highest BCUT2D eigenvalue weighted by atomic mass is 29.9. The number of hydrogen-bond acceptors (Lipinski definition) is 2. The summed E-state index contributed by atoms with van der Waals surface area (Å²) in [5.74, 6) is 1.92. The Morgan fingerprint density at radius 1 is 0.636 bits per heavy atom. The molecule has 22 heavy (non-hydrogen) atoms. The zero-order valence-corrected chi connectivity index (χ0v) is 19.7. The molecule has 0 spiro atoms. The molecule has 0 amide bonds. The van der Waals surface area contributed by atoms with Crippen molar-refractivity contribution < 1.29 is 9.31 Å². The standard InChI is InChI=1S/C15H31BO2Si4/c1-19(2,3)22(20(4,5)6,21(7,8)9)16-17-14-12-10-11-13-15(14)18-16/h10-13H,1-9H3. The van der Waals surface area contributed by atoms with Crippen LogP contribution in [0.4, 0.5) is 0 Å². The Morgan fingerprint density at radius 3 is 1.23 bits per heavy atom. The van der Waals surface area contributed by atoms with E-state index in [2.05, 4.69) is 71.1 Å². The molecular formula is C15H31BO2Si4. The summed E-state index contributed by atoms with van der Waals surface area (Å²) in [5.41, 5.74) is 0. The minimum atomic E-state index is -1.69. The van der Waals surface area contributed by atoms with Crippen molar-refractivity contribution in [3.05, 3.63) is 24.3 Å². The first-order valence-corrected chi connectivity index (χ1v) is 23.8. The van der Waals surface area contributed by atoms with Gasteiger partial charge in [-0.25, -0.2) is 0 Å². The number of rotatable bonds is 4.